The van der Waals surface area contributed by atoms with Gasteiger partial charge < -0.3 is 29.9 Å². The highest BCUT2D eigenvalue weighted by molar-refractivity contribution is 8.01. The minimum absolute atomic E-state index is 0.00143. The van der Waals surface area contributed by atoms with E-state index in [1.54, 1.807) is 60.0 Å². The van der Waals surface area contributed by atoms with Crippen LogP contribution in [0.2, 0.25) is 0 Å². The fourth-order valence-corrected chi connectivity index (χ4v) is 9.55. The number of aromatic hydroxyl groups is 1. The second-order valence-corrected chi connectivity index (χ2v) is 19.1. The molecule has 1 saturated heterocycles. The van der Waals surface area contributed by atoms with E-state index in [0.29, 0.717) is 13.1 Å². The predicted octanol–water partition coefficient (Wildman–Crippen LogP) is 6.28. The molecular formula is C42H73N5O6S. The molecule has 8 atom stereocenters. The molecule has 1 aliphatic heterocycles. The zero-order valence-corrected chi connectivity index (χ0v) is 36.8. The summed E-state index contributed by atoms with van der Waals surface area (Å²) in [5.74, 6) is -0.831. The third-order valence-electron chi connectivity index (χ3n) is 10.9. The summed E-state index contributed by atoms with van der Waals surface area (Å²) < 4.78 is 5.93. The number of rotatable bonds is 19. The van der Waals surface area contributed by atoms with Crippen LogP contribution in [0.3, 0.4) is 0 Å². The van der Waals surface area contributed by atoms with Crippen LogP contribution in [-0.4, -0.2) is 125 Å². The Morgan fingerprint density at radius 3 is 2.02 bits per heavy atom. The predicted molar refractivity (Wildman–Crippen MR) is 222 cm³/mol. The van der Waals surface area contributed by atoms with Gasteiger partial charge in [-0.15, -0.1) is 11.8 Å². The Balaban J connectivity index is 2.42. The molecule has 1 aromatic carbocycles. The van der Waals surface area contributed by atoms with E-state index in [2.05, 4.69) is 39.9 Å². The molecule has 0 radical (unpaired) electrons. The highest BCUT2D eigenvalue weighted by Gasteiger charge is 2.44. The Labute approximate surface area is 331 Å². The van der Waals surface area contributed by atoms with Crippen molar-refractivity contribution in [2.45, 2.75) is 142 Å². The quantitative estimate of drug-likeness (QED) is 0.169. The summed E-state index contributed by atoms with van der Waals surface area (Å²) in [5, 5.41) is 12.7. The van der Waals surface area contributed by atoms with Gasteiger partial charge in [-0.05, 0) is 75.9 Å². The zero-order chi connectivity index (χ0) is 41.2. The number of ether oxygens (including phenoxy) is 1. The van der Waals surface area contributed by atoms with E-state index in [1.807, 2.05) is 65.4 Å². The van der Waals surface area contributed by atoms with Gasteiger partial charge in [-0.1, -0.05) is 75.7 Å². The molecule has 308 valence electrons. The monoisotopic (exact) mass is 776 g/mol. The van der Waals surface area contributed by atoms with Crippen molar-refractivity contribution in [3.05, 3.63) is 24.3 Å². The summed E-state index contributed by atoms with van der Waals surface area (Å²) in [6.45, 7) is 23.4. The molecule has 1 heterocycles. The number of anilines is 1. The lowest BCUT2D eigenvalue weighted by Gasteiger charge is -2.42. The number of carbonyl (C=O) groups excluding carboxylic acids is 4. The summed E-state index contributed by atoms with van der Waals surface area (Å²) in [4.78, 5) is 63.8. The van der Waals surface area contributed by atoms with E-state index in [4.69, 9.17) is 4.74 Å². The number of phenols is 1. The van der Waals surface area contributed by atoms with E-state index in [1.165, 1.54) is 0 Å². The van der Waals surface area contributed by atoms with Crippen LogP contribution in [0.1, 0.15) is 102 Å². The largest absolute Gasteiger partial charge is 0.508 e. The fraction of sp³-hybridized carbons (Fsp3) is 0.762. The molecule has 54 heavy (non-hydrogen) atoms. The normalized spacial score (nSPS) is 18.9. The van der Waals surface area contributed by atoms with Crippen molar-refractivity contribution in [2.24, 2.45) is 23.7 Å². The van der Waals surface area contributed by atoms with E-state index in [0.717, 1.165) is 24.9 Å². The Hall–Kier alpha value is -2.83. The molecule has 1 fully saturated rings. The lowest BCUT2D eigenvalue weighted by molar-refractivity contribution is -0.146. The number of likely N-dealkylation sites (N-methyl/N-ethyl adjacent to an activating group) is 2. The fourth-order valence-electron chi connectivity index (χ4n) is 7.97. The van der Waals surface area contributed by atoms with E-state index >= 15 is 0 Å². The molecule has 0 saturated carbocycles. The first-order chi connectivity index (χ1) is 25.1. The van der Waals surface area contributed by atoms with Crippen molar-refractivity contribution in [3.8, 4) is 5.75 Å². The Bertz CT molecular complexity index is 1360. The number of benzene rings is 1. The summed E-state index contributed by atoms with van der Waals surface area (Å²) in [7, 11) is 7.10. The average molecular weight is 776 g/mol. The second-order valence-electron chi connectivity index (χ2n) is 17.1. The van der Waals surface area contributed by atoms with Gasteiger partial charge in [-0.25, -0.2) is 0 Å². The van der Waals surface area contributed by atoms with Crippen molar-refractivity contribution in [3.63, 3.8) is 0 Å². The van der Waals surface area contributed by atoms with Crippen molar-refractivity contribution < 1.29 is 29.0 Å². The number of hydrogen-bond acceptors (Lipinski definition) is 8. The molecule has 11 nitrogen and oxygen atoms in total. The maximum Gasteiger partial charge on any atom is 0.245 e. The summed E-state index contributed by atoms with van der Waals surface area (Å²) >= 11 is 1.74. The molecule has 1 aromatic rings. The molecule has 2 N–H and O–H groups in total. The molecule has 0 bridgehead atoms. The maximum absolute atomic E-state index is 14.5. The molecule has 1 aliphatic rings. The molecule has 0 aliphatic carbocycles. The summed E-state index contributed by atoms with van der Waals surface area (Å²) in [6.07, 6.45) is 1.87. The van der Waals surface area contributed by atoms with E-state index in [-0.39, 0.29) is 75.6 Å². The van der Waals surface area contributed by atoms with Crippen LogP contribution < -0.4 is 10.2 Å². The number of thioether (sulfide) groups is 1. The van der Waals surface area contributed by atoms with Gasteiger partial charge in [0.05, 0.1) is 24.6 Å². The Kier molecular flexibility index (Phi) is 18.3. The topological polar surface area (TPSA) is 123 Å². The molecule has 0 spiro atoms. The minimum Gasteiger partial charge on any atom is -0.508 e. The lowest BCUT2D eigenvalue weighted by Crippen LogP contribution is -2.59. The number of methoxy groups -OCH3 is 1. The summed E-state index contributed by atoms with van der Waals surface area (Å²) in [6, 6.07) is 4.97. The third kappa shape index (κ3) is 12.3. The first-order valence-corrected chi connectivity index (χ1v) is 20.8. The highest BCUT2D eigenvalue weighted by Crippen LogP contribution is 2.40. The number of likely N-dealkylation sites (tertiary alicyclic amines) is 1. The highest BCUT2D eigenvalue weighted by atomic mass is 32.2. The molecule has 4 amide bonds. The number of phenolic OH excluding ortho intramolecular Hbond substituents is 1. The third-order valence-corrected chi connectivity index (χ3v) is 12.6. The molecular weight excluding hydrogens is 703 g/mol. The average Bonchev–Trinajstić information content (AvgIpc) is 3.58. The number of nitrogens with zero attached hydrogens (tertiary/aromatic N) is 4. The maximum atomic E-state index is 14.5. The van der Waals surface area contributed by atoms with Gasteiger partial charge in [0.2, 0.25) is 23.6 Å². The number of amides is 4. The van der Waals surface area contributed by atoms with Crippen LogP contribution >= 0.6 is 11.8 Å². The molecule has 2 rings (SSSR count). The van der Waals surface area contributed by atoms with Crippen LogP contribution in [0, 0.1) is 23.7 Å². The Morgan fingerprint density at radius 2 is 1.56 bits per heavy atom. The van der Waals surface area contributed by atoms with Crippen LogP contribution in [0.25, 0.3) is 0 Å². The second kappa shape index (κ2) is 20.9. The van der Waals surface area contributed by atoms with Gasteiger partial charge in [0.15, 0.2) is 0 Å². The first kappa shape index (κ1) is 47.3. The van der Waals surface area contributed by atoms with Crippen LogP contribution in [-0.2, 0) is 23.9 Å². The lowest BCUT2D eigenvalue weighted by atomic mass is 9.89. The van der Waals surface area contributed by atoms with Gasteiger partial charge in [0.1, 0.15) is 11.8 Å². The number of nitrogens with one attached hydrogen (secondary N) is 1. The minimum atomic E-state index is -0.745. The van der Waals surface area contributed by atoms with Crippen molar-refractivity contribution in [2.75, 3.05) is 46.2 Å². The first-order valence-electron chi connectivity index (χ1n) is 19.9. The van der Waals surface area contributed by atoms with Gasteiger partial charge in [0, 0.05) is 54.9 Å². The van der Waals surface area contributed by atoms with E-state index in [9.17, 15) is 24.3 Å². The summed E-state index contributed by atoms with van der Waals surface area (Å²) in [5.41, 5.74) is 0.723. The Morgan fingerprint density at radius 1 is 0.963 bits per heavy atom. The molecule has 12 heteroatoms. The van der Waals surface area contributed by atoms with Crippen molar-refractivity contribution in [1.82, 2.24) is 20.0 Å². The zero-order valence-electron chi connectivity index (χ0n) is 36.0. The number of hydrogen-bond donors (Lipinski definition) is 2. The number of carbonyl (C=O) groups is 4. The van der Waals surface area contributed by atoms with Crippen LogP contribution in [0.15, 0.2) is 24.3 Å². The van der Waals surface area contributed by atoms with Crippen molar-refractivity contribution in [1.29, 1.82) is 0 Å². The molecule has 8 unspecified atom stereocenters. The van der Waals surface area contributed by atoms with E-state index < -0.39 is 24.1 Å². The van der Waals surface area contributed by atoms with Gasteiger partial charge >= 0.3 is 0 Å². The smallest absolute Gasteiger partial charge is 0.245 e. The van der Waals surface area contributed by atoms with Gasteiger partial charge in [-0.2, -0.15) is 0 Å². The van der Waals surface area contributed by atoms with Crippen LogP contribution in [0.5, 0.6) is 5.75 Å². The van der Waals surface area contributed by atoms with Gasteiger partial charge in [-0.3, -0.25) is 24.1 Å². The standard InChI is InChI=1S/C42H73N5O6S/c1-16-28(7)37(45(14)41(52)35(26(3)4)43-39(50)36(27(5)6)44(12)13)33(53-15)25-34(49)47-24-18-19-32(47)38(54-42(9,10)11)29(8)40(51)46(17-2)30-20-22-31(48)23-21-30/h20-23,26-29,32-33,35-38,48H,16-19,24-25H2,1-15H3,(H,43,50). The van der Waals surface area contributed by atoms with Crippen molar-refractivity contribution >= 4 is 41.1 Å². The van der Waals surface area contributed by atoms with Gasteiger partial charge in [0.25, 0.3) is 0 Å². The van der Waals surface area contributed by atoms with Crippen LogP contribution in [0.4, 0.5) is 5.69 Å². The SMILES string of the molecule is CCC(C)C(C(CC(=O)N1CCCC1C(SC(C)(C)C)C(C)C(=O)N(CC)c1ccc(O)cc1)OC)N(C)C(=O)C(NC(=O)C(C(C)C)N(C)C)C(C)C. The molecule has 0 aromatic heterocycles.